The molecule has 0 spiro atoms. The Morgan fingerprint density at radius 2 is 2.00 bits per heavy atom. The Labute approximate surface area is 176 Å². The summed E-state index contributed by atoms with van der Waals surface area (Å²) >= 11 is 1.65. The monoisotopic (exact) mass is 412 g/mol. The van der Waals surface area contributed by atoms with Gasteiger partial charge in [-0.1, -0.05) is 31.7 Å². The van der Waals surface area contributed by atoms with E-state index in [-0.39, 0.29) is 5.97 Å². The van der Waals surface area contributed by atoms with Gasteiger partial charge < -0.3 is 10.1 Å². The van der Waals surface area contributed by atoms with Crippen molar-refractivity contribution in [3.05, 3.63) is 36.2 Å². The Hall–Kier alpha value is -2.12. The molecule has 0 saturated carbocycles. The van der Waals surface area contributed by atoms with Gasteiger partial charge in [-0.15, -0.1) is 0 Å². The number of carbonyl (C=O) groups is 1. The van der Waals surface area contributed by atoms with E-state index in [1.807, 2.05) is 6.92 Å². The van der Waals surface area contributed by atoms with Crippen LogP contribution in [0.25, 0.3) is 0 Å². The molecule has 154 valence electrons. The lowest BCUT2D eigenvalue weighted by atomic mass is 9.77. The number of hydrogen-bond donors (Lipinski definition) is 1. The van der Waals surface area contributed by atoms with Crippen molar-refractivity contribution in [2.45, 2.75) is 43.7 Å². The molecule has 2 unspecified atom stereocenters. The lowest BCUT2D eigenvalue weighted by molar-refractivity contribution is -0.145. The first-order valence-electron chi connectivity index (χ1n) is 10.3. The summed E-state index contributed by atoms with van der Waals surface area (Å²) in [5.41, 5.74) is 2.38. The molecule has 1 aromatic carbocycles. The highest BCUT2D eigenvalue weighted by molar-refractivity contribution is 7.99. The van der Waals surface area contributed by atoms with E-state index in [0.717, 1.165) is 36.2 Å². The first-order chi connectivity index (χ1) is 14.0. The summed E-state index contributed by atoms with van der Waals surface area (Å²) in [6.07, 6.45) is 3.97. The number of hydrogen-bond acceptors (Lipinski definition) is 7. The van der Waals surface area contributed by atoms with Crippen molar-refractivity contribution in [2.24, 2.45) is 17.8 Å². The Bertz CT molecular complexity index is 879. The maximum absolute atomic E-state index is 11.9. The van der Waals surface area contributed by atoms with E-state index in [4.69, 9.17) is 4.74 Å². The Kier molecular flexibility index (Phi) is 6.06. The molecule has 29 heavy (non-hydrogen) atoms. The number of aromatic nitrogens is 2. The highest BCUT2D eigenvalue weighted by Crippen LogP contribution is 2.42. The number of ether oxygens (including phenoxy) is 1. The first kappa shape index (κ1) is 20.2. The van der Waals surface area contributed by atoms with Gasteiger partial charge in [-0.25, -0.2) is 9.97 Å². The van der Waals surface area contributed by atoms with Crippen LogP contribution in [0.5, 0.6) is 0 Å². The molecule has 1 N–H and O–H groups in total. The summed E-state index contributed by atoms with van der Waals surface area (Å²) in [4.78, 5) is 24.4. The van der Waals surface area contributed by atoms with Crippen LogP contribution >= 0.6 is 11.8 Å². The normalized spacial score (nSPS) is 23.6. The molecule has 0 radical (unpaired) electrons. The van der Waals surface area contributed by atoms with E-state index >= 15 is 0 Å². The fourth-order valence-corrected chi connectivity index (χ4v) is 5.38. The average molecular weight is 413 g/mol. The van der Waals surface area contributed by atoms with Crippen LogP contribution in [-0.2, 0) is 16.1 Å². The number of carbonyl (C=O) groups excluding carboxylic acids is 1. The molecule has 3 heterocycles. The smallest absolute Gasteiger partial charge is 0.306 e. The fourth-order valence-electron chi connectivity index (χ4n) is 4.50. The molecule has 2 aliphatic heterocycles. The van der Waals surface area contributed by atoms with Crippen molar-refractivity contribution in [1.82, 2.24) is 14.9 Å². The lowest BCUT2D eigenvalue weighted by Crippen LogP contribution is -2.44. The average Bonchev–Trinajstić information content (AvgIpc) is 2.69. The van der Waals surface area contributed by atoms with Gasteiger partial charge in [0.15, 0.2) is 5.82 Å². The molecular formula is C22H28N4O2S. The van der Waals surface area contributed by atoms with E-state index in [2.05, 4.69) is 52.2 Å². The quantitative estimate of drug-likeness (QED) is 0.625. The minimum atomic E-state index is -0.0636. The molecular weight excluding hydrogens is 384 g/mol. The number of nitrogens with zero attached hydrogens (tertiary/aromatic N) is 3. The molecule has 4 rings (SSSR count). The molecule has 0 amide bonds. The van der Waals surface area contributed by atoms with Gasteiger partial charge in [0.05, 0.1) is 12.3 Å². The van der Waals surface area contributed by atoms with Gasteiger partial charge in [0, 0.05) is 43.3 Å². The number of rotatable bonds is 5. The summed E-state index contributed by atoms with van der Waals surface area (Å²) in [5.74, 6) is 2.09. The second kappa shape index (κ2) is 8.71. The van der Waals surface area contributed by atoms with Crippen LogP contribution < -0.4 is 5.32 Å². The Morgan fingerprint density at radius 1 is 1.24 bits per heavy atom. The third-order valence-electron chi connectivity index (χ3n) is 5.84. The number of nitrogens with one attached hydrogen (secondary N) is 1. The molecule has 1 aromatic heterocycles. The van der Waals surface area contributed by atoms with Crippen molar-refractivity contribution in [2.75, 3.05) is 25.0 Å². The van der Waals surface area contributed by atoms with E-state index in [1.165, 1.54) is 10.5 Å². The molecule has 2 atom stereocenters. The second-order valence-corrected chi connectivity index (χ2v) is 9.12. The van der Waals surface area contributed by atoms with E-state index in [0.29, 0.717) is 30.8 Å². The van der Waals surface area contributed by atoms with Gasteiger partial charge in [-0.3, -0.25) is 9.69 Å². The summed E-state index contributed by atoms with van der Waals surface area (Å²) in [6, 6.07) is 6.59. The number of piperidine rings is 1. The molecule has 7 heteroatoms. The van der Waals surface area contributed by atoms with Gasteiger partial charge in [-0.05, 0) is 42.4 Å². The Morgan fingerprint density at radius 3 is 2.76 bits per heavy atom. The first-order valence-corrected chi connectivity index (χ1v) is 11.1. The van der Waals surface area contributed by atoms with Crippen molar-refractivity contribution in [3.63, 3.8) is 0 Å². The van der Waals surface area contributed by atoms with E-state index < -0.39 is 0 Å². The molecule has 2 aliphatic rings. The predicted octanol–water partition coefficient (Wildman–Crippen LogP) is 4.34. The molecule has 0 bridgehead atoms. The third kappa shape index (κ3) is 4.56. The summed E-state index contributed by atoms with van der Waals surface area (Å²) in [7, 11) is 0. The van der Waals surface area contributed by atoms with Crippen LogP contribution in [0.3, 0.4) is 0 Å². The number of fused-ring (bicyclic) bond motifs is 2. The zero-order valence-electron chi connectivity index (χ0n) is 17.2. The van der Waals surface area contributed by atoms with Gasteiger partial charge in [0.1, 0.15) is 5.03 Å². The van der Waals surface area contributed by atoms with Gasteiger partial charge >= 0.3 is 5.97 Å². The highest BCUT2D eigenvalue weighted by Gasteiger charge is 2.33. The van der Waals surface area contributed by atoms with Crippen LogP contribution in [-0.4, -0.2) is 40.5 Å². The second-order valence-electron chi connectivity index (χ2n) is 8.09. The molecule has 1 saturated heterocycles. The minimum Gasteiger partial charge on any atom is -0.466 e. The zero-order chi connectivity index (χ0) is 20.4. The fraction of sp³-hybridized carbons (Fsp3) is 0.500. The maximum Gasteiger partial charge on any atom is 0.306 e. The topological polar surface area (TPSA) is 67.3 Å². The van der Waals surface area contributed by atoms with Crippen molar-refractivity contribution >= 4 is 29.2 Å². The van der Waals surface area contributed by atoms with E-state index in [9.17, 15) is 4.79 Å². The van der Waals surface area contributed by atoms with Gasteiger partial charge in [0.25, 0.3) is 0 Å². The van der Waals surface area contributed by atoms with Crippen LogP contribution in [0.15, 0.2) is 40.5 Å². The SMILES string of the molecule is CCOC(=O)CC1C(C)CN(Cc2ccc3c(c2)Nc2nccnc2S3)CC1C. The summed E-state index contributed by atoms with van der Waals surface area (Å²) in [6.45, 7) is 9.75. The molecule has 6 nitrogen and oxygen atoms in total. The lowest BCUT2D eigenvalue weighted by Gasteiger charge is -2.41. The number of likely N-dealkylation sites (tertiary alicyclic amines) is 1. The zero-order valence-corrected chi connectivity index (χ0v) is 18.0. The van der Waals surface area contributed by atoms with Crippen LogP contribution in [0.2, 0.25) is 0 Å². The number of esters is 1. The highest BCUT2D eigenvalue weighted by atomic mass is 32.2. The largest absolute Gasteiger partial charge is 0.466 e. The third-order valence-corrected chi connectivity index (χ3v) is 6.90. The van der Waals surface area contributed by atoms with Crippen LogP contribution in [0.4, 0.5) is 11.5 Å². The Balaban J connectivity index is 1.40. The molecule has 2 aromatic rings. The number of benzene rings is 1. The number of anilines is 2. The molecule has 0 aliphatic carbocycles. The van der Waals surface area contributed by atoms with Crippen LogP contribution in [0.1, 0.15) is 32.8 Å². The summed E-state index contributed by atoms with van der Waals surface area (Å²) in [5, 5.41) is 4.33. The van der Waals surface area contributed by atoms with E-state index in [1.54, 1.807) is 24.2 Å². The van der Waals surface area contributed by atoms with Crippen LogP contribution in [0, 0.1) is 17.8 Å². The minimum absolute atomic E-state index is 0.0636. The summed E-state index contributed by atoms with van der Waals surface area (Å²) < 4.78 is 5.17. The predicted molar refractivity (Wildman–Crippen MR) is 114 cm³/mol. The molecule has 1 fully saturated rings. The van der Waals surface area contributed by atoms with Gasteiger partial charge in [-0.2, -0.15) is 0 Å². The van der Waals surface area contributed by atoms with Crippen molar-refractivity contribution in [3.8, 4) is 0 Å². The maximum atomic E-state index is 11.9. The van der Waals surface area contributed by atoms with Crippen molar-refractivity contribution in [1.29, 1.82) is 0 Å². The standard InChI is InChI=1S/C22H28N4O2S/c1-4-28-20(27)10-17-14(2)11-26(12-15(17)3)13-16-5-6-19-18(9-16)25-21-22(29-19)24-8-7-23-21/h5-9,14-15,17H,4,10-13H2,1-3H3,(H,23,25). The van der Waals surface area contributed by atoms with Gasteiger partial charge in [0.2, 0.25) is 0 Å². The van der Waals surface area contributed by atoms with Crippen molar-refractivity contribution < 1.29 is 9.53 Å².